The lowest BCUT2D eigenvalue weighted by Crippen LogP contribution is -2.36. The van der Waals surface area contributed by atoms with Crippen molar-refractivity contribution in [3.05, 3.63) is 30.1 Å². The topological polar surface area (TPSA) is 77.8 Å². The average Bonchev–Trinajstić information content (AvgIpc) is 2.29. The molecule has 0 radical (unpaired) electrons. The number of aliphatic hydroxyl groups excluding tert-OH is 2. The summed E-state index contributed by atoms with van der Waals surface area (Å²) in [6.45, 7) is -1.16. The highest BCUT2D eigenvalue weighted by atomic mass is 32.2. The zero-order valence-electron chi connectivity index (χ0n) is 9.08. The van der Waals surface area contributed by atoms with Gasteiger partial charge in [0.05, 0.1) is 13.2 Å². The molecule has 1 aromatic carbocycles. The number of sulfonamides is 1. The third kappa shape index (κ3) is 3.22. The number of hydrogen-bond donors (Lipinski definition) is 2. The first-order valence-corrected chi connectivity index (χ1v) is 6.44. The second kappa shape index (κ2) is 6.06. The molecule has 0 aliphatic heterocycles. The van der Waals surface area contributed by atoms with Gasteiger partial charge in [0.2, 0.25) is 10.0 Å². The molecule has 1 rings (SSSR count). The standard InChI is InChI=1S/C10H14FNO4S/c11-9-3-1-2-4-10(9)17(15,16)12(5-7-13)6-8-14/h1-4,13-14H,5-8H2. The van der Waals surface area contributed by atoms with Crippen LogP contribution in [0.3, 0.4) is 0 Å². The van der Waals surface area contributed by atoms with Crippen LogP contribution in [-0.2, 0) is 10.0 Å². The highest BCUT2D eigenvalue weighted by molar-refractivity contribution is 7.89. The van der Waals surface area contributed by atoms with Gasteiger partial charge in [0.1, 0.15) is 10.7 Å². The summed E-state index contributed by atoms with van der Waals surface area (Å²) in [7, 11) is -4.02. The van der Waals surface area contributed by atoms with E-state index in [-0.39, 0.29) is 13.1 Å². The van der Waals surface area contributed by atoms with E-state index in [1.807, 2.05) is 0 Å². The first-order valence-electron chi connectivity index (χ1n) is 5.00. The Bertz CT molecular complexity index is 457. The van der Waals surface area contributed by atoms with Crippen molar-refractivity contribution in [2.75, 3.05) is 26.3 Å². The molecule has 0 amide bonds. The molecule has 0 aliphatic carbocycles. The van der Waals surface area contributed by atoms with Gasteiger partial charge in [-0.05, 0) is 12.1 Å². The Balaban J connectivity index is 3.12. The molecular formula is C10H14FNO4S. The fourth-order valence-electron chi connectivity index (χ4n) is 1.37. The number of rotatable bonds is 6. The molecule has 0 aliphatic rings. The predicted octanol–water partition coefficient (Wildman–Crippen LogP) is -0.199. The lowest BCUT2D eigenvalue weighted by molar-refractivity contribution is 0.217. The van der Waals surface area contributed by atoms with Crippen LogP contribution in [-0.4, -0.2) is 49.2 Å². The van der Waals surface area contributed by atoms with E-state index >= 15 is 0 Å². The zero-order valence-corrected chi connectivity index (χ0v) is 9.90. The van der Waals surface area contributed by atoms with Crippen LogP contribution in [0.25, 0.3) is 0 Å². The lowest BCUT2D eigenvalue weighted by Gasteiger charge is -2.20. The fourth-order valence-corrected chi connectivity index (χ4v) is 2.86. The molecule has 17 heavy (non-hydrogen) atoms. The van der Waals surface area contributed by atoms with Crippen molar-refractivity contribution < 1.29 is 23.0 Å². The maximum Gasteiger partial charge on any atom is 0.246 e. The zero-order chi connectivity index (χ0) is 12.9. The second-order valence-corrected chi connectivity index (χ2v) is 5.19. The van der Waals surface area contributed by atoms with E-state index in [4.69, 9.17) is 10.2 Å². The third-order valence-corrected chi connectivity index (χ3v) is 4.09. The number of benzene rings is 1. The van der Waals surface area contributed by atoms with E-state index in [1.54, 1.807) is 0 Å². The van der Waals surface area contributed by atoms with Crippen LogP contribution < -0.4 is 0 Å². The van der Waals surface area contributed by atoms with E-state index in [2.05, 4.69) is 0 Å². The normalized spacial score (nSPS) is 12.0. The van der Waals surface area contributed by atoms with Gasteiger partial charge in [-0.3, -0.25) is 0 Å². The fraction of sp³-hybridized carbons (Fsp3) is 0.400. The first kappa shape index (κ1) is 14.0. The summed E-state index contributed by atoms with van der Waals surface area (Å²) >= 11 is 0. The van der Waals surface area contributed by atoms with Gasteiger partial charge in [0, 0.05) is 13.1 Å². The molecule has 96 valence electrons. The minimum absolute atomic E-state index is 0.183. The molecule has 0 saturated heterocycles. The first-order chi connectivity index (χ1) is 8.04. The van der Waals surface area contributed by atoms with Crippen LogP contribution in [0.15, 0.2) is 29.2 Å². The summed E-state index contributed by atoms with van der Waals surface area (Å²) in [5.74, 6) is -0.853. The van der Waals surface area contributed by atoms with Crippen LogP contribution in [0.4, 0.5) is 4.39 Å². The molecule has 7 heteroatoms. The van der Waals surface area contributed by atoms with Crippen LogP contribution in [0.2, 0.25) is 0 Å². The van der Waals surface area contributed by atoms with Gasteiger partial charge >= 0.3 is 0 Å². The van der Waals surface area contributed by atoms with Gasteiger partial charge in [-0.25, -0.2) is 12.8 Å². The Hall–Kier alpha value is -1.02. The van der Waals surface area contributed by atoms with E-state index in [0.29, 0.717) is 0 Å². The molecule has 1 aromatic rings. The second-order valence-electron chi connectivity index (χ2n) is 3.28. The quantitative estimate of drug-likeness (QED) is 0.745. The van der Waals surface area contributed by atoms with E-state index in [9.17, 15) is 12.8 Å². The molecule has 2 N–H and O–H groups in total. The van der Waals surface area contributed by atoms with Gasteiger partial charge in [-0.15, -0.1) is 0 Å². The molecule has 0 spiro atoms. The maximum absolute atomic E-state index is 13.4. The van der Waals surface area contributed by atoms with Crippen LogP contribution in [0.5, 0.6) is 0 Å². The van der Waals surface area contributed by atoms with E-state index in [0.717, 1.165) is 16.4 Å². The summed E-state index contributed by atoms with van der Waals surface area (Å²) in [5.41, 5.74) is 0. The Labute approximate surface area is 99.2 Å². The molecule has 0 atom stereocenters. The number of nitrogens with zero attached hydrogens (tertiary/aromatic N) is 1. The largest absolute Gasteiger partial charge is 0.395 e. The van der Waals surface area contributed by atoms with Crippen molar-refractivity contribution in [1.82, 2.24) is 4.31 Å². The van der Waals surface area contributed by atoms with E-state index < -0.39 is 33.9 Å². The van der Waals surface area contributed by atoms with Gasteiger partial charge in [0.15, 0.2) is 0 Å². The summed E-state index contributed by atoms with van der Waals surface area (Å²) in [5, 5.41) is 17.5. The van der Waals surface area contributed by atoms with Crippen LogP contribution in [0, 0.1) is 5.82 Å². The third-order valence-electron chi connectivity index (χ3n) is 2.15. The minimum Gasteiger partial charge on any atom is -0.395 e. The molecule has 0 heterocycles. The Morgan fingerprint density at radius 2 is 1.65 bits per heavy atom. The van der Waals surface area contributed by atoms with Crippen LogP contribution >= 0.6 is 0 Å². The summed E-state index contributed by atoms with van der Waals surface area (Å²) in [6.07, 6.45) is 0. The molecule has 0 fully saturated rings. The summed E-state index contributed by atoms with van der Waals surface area (Å²) < 4.78 is 38.2. The van der Waals surface area contributed by atoms with Crippen molar-refractivity contribution in [1.29, 1.82) is 0 Å². The lowest BCUT2D eigenvalue weighted by atomic mass is 10.4. The Kier molecular flexibility index (Phi) is 5.01. The van der Waals surface area contributed by atoms with Gasteiger partial charge in [0.25, 0.3) is 0 Å². The maximum atomic E-state index is 13.4. The van der Waals surface area contributed by atoms with Crippen LogP contribution in [0.1, 0.15) is 0 Å². The molecular weight excluding hydrogens is 249 g/mol. The van der Waals surface area contributed by atoms with Crippen molar-refractivity contribution in [2.45, 2.75) is 4.90 Å². The molecule has 5 nitrogen and oxygen atoms in total. The Morgan fingerprint density at radius 1 is 1.12 bits per heavy atom. The highest BCUT2D eigenvalue weighted by Gasteiger charge is 2.26. The highest BCUT2D eigenvalue weighted by Crippen LogP contribution is 2.18. The molecule has 0 aromatic heterocycles. The minimum atomic E-state index is -4.02. The smallest absolute Gasteiger partial charge is 0.246 e. The molecule has 0 unspecified atom stereocenters. The predicted molar refractivity (Wildman–Crippen MR) is 59.3 cm³/mol. The van der Waals surface area contributed by atoms with Crippen molar-refractivity contribution in [2.24, 2.45) is 0 Å². The SMILES string of the molecule is O=S(=O)(c1ccccc1F)N(CCO)CCO. The molecule has 0 saturated carbocycles. The summed E-state index contributed by atoms with van der Waals surface area (Å²) in [4.78, 5) is -0.457. The van der Waals surface area contributed by atoms with Crippen molar-refractivity contribution in [3.8, 4) is 0 Å². The van der Waals surface area contributed by atoms with E-state index in [1.165, 1.54) is 12.1 Å². The van der Waals surface area contributed by atoms with Gasteiger partial charge in [-0.2, -0.15) is 4.31 Å². The number of halogens is 1. The monoisotopic (exact) mass is 263 g/mol. The average molecular weight is 263 g/mol. The molecule has 0 bridgehead atoms. The number of hydrogen-bond acceptors (Lipinski definition) is 4. The van der Waals surface area contributed by atoms with Gasteiger partial charge in [-0.1, -0.05) is 12.1 Å². The van der Waals surface area contributed by atoms with Crippen molar-refractivity contribution in [3.63, 3.8) is 0 Å². The Morgan fingerprint density at radius 3 is 2.12 bits per heavy atom. The summed E-state index contributed by atoms with van der Waals surface area (Å²) in [6, 6.07) is 4.98. The van der Waals surface area contributed by atoms with Crippen molar-refractivity contribution >= 4 is 10.0 Å². The number of aliphatic hydroxyl groups is 2. The van der Waals surface area contributed by atoms with Gasteiger partial charge < -0.3 is 10.2 Å².